The van der Waals surface area contributed by atoms with E-state index in [0.29, 0.717) is 42.1 Å². The highest BCUT2D eigenvalue weighted by atomic mass is 16.5. The van der Waals surface area contributed by atoms with Crippen LogP contribution in [0.4, 0.5) is 10.6 Å². The molecule has 0 spiro atoms. The summed E-state index contributed by atoms with van der Waals surface area (Å²) in [7, 11) is 0. The van der Waals surface area contributed by atoms with E-state index in [1.54, 1.807) is 24.3 Å². The van der Waals surface area contributed by atoms with Crippen LogP contribution in [0.25, 0.3) is 11.3 Å². The van der Waals surface area contributed by atoms with Gasteiger partial charge in [-0.2, -0.15) is 5.10 Å². The summed E-state index contributed by atoms with van der Waals surface area (Å²) >= 11 is 0. The lowest BCUT2D eigenvalue weighted by Gasteiger charge is -2.31. The van der Waals surface area contributed by atoms with E-state index in [-0.39, 0.29) is 24.0 Å². The molecule has 4 rings (SSSR count). The molecule has 0 unspecified atom stereocenters. The summed E-state index contributed by atoms with van der Waals surface area (Å²) in [6, 6.07) is 16.2. The van der Waals surface area contributed by atoms with Gasteiger partial charge in [0.2, 0.25) is 0 Å². The molecule has 1 fully saturated rings. The van der Waals surface area contributed by atoms with Crippen LogP contribution in [-0.4, -0.2) is 44.9 Å². The summed E-state index contributed by atoms with van der Waals surface area (Å²) < 4.78 is 7.33. The van der Waals surface area contributed by atoms with E-state index in [1.165, 1.54) is 9.58 Å². The molecular formula is C22H23N5O4. The number of ether oxygens (including phenoxy) is 1. The van der Waals surface area contributed by atoms with Crippen LogP contribution in [0.5, 0.6) is 11.5 Å². The van der Waals surface area contributed by atoms with Crippen LogP contribution in [0, 0.1) is 0 Å². The van der Waals surface area contributed by atoms with Gasteiger partial charge in [-0.25, -0.2) is 9.48 Å². The number of primary amides is 1. The number of carboxylic acid groups (broad SMARTS) is 1. The highest BCUT2D eigenvalue weighted by Crippen LogP contribution is 2.33. The van der Waals surface area contributed by atoms with Crippen LogP contribution in [0.3, 0.4) is 0 Å². The van der Waals surface area contributed by atoms with E-state index in [1.807, 2.05) is 30.3 Å². The quantitative estimate of drug-likeness (QED) is 0.578. The molecule has 1 aromatic heterocycles. The van der Waals surface area contributed by atoms with Crippen LogP contribution in [-0.2, 0) is 0 Å². The number of carbonyl (C=O) groups excluding carboxylic acids is 1. The number of hydrogen-bond donors (Lipinski definition) is 3. The number of nitrogens with zero attached hydrogens (tertiary/aromatic N) is 3. The number of para-hydroxylation sites is 1. The Kier molecular flexibility index (Phi) is 5.48. The molecule has 2 heterocycles. The van der Waals surface area contributed by atoms with E-state index < -0.39 is 12.0 Å². The maximum absolute atomic E-state index is 12.2. The fraction of sp³-hybridized carbons (Fsp3) is 0.227. The van der Waals surface area contributed by atoms with Crippen molar-refractivity contribution in [2.45, 2.75) is 18.9 Å². The molecule has 3 aromatic rings. The van der Waals surface area contributed by atoms with Gasteiger partial charge in [0.15, 0.2) is 0 Å². The molecule has 1 atom stereocenters. The van der Waals surface area contributed by atoms with Gasteiger partial charge >= 0.3 is 6.09 Å². The number of nitrogens with two attached hydrogens (primary N) is 2. The van der Waals surface area contributed by atoms with Gasteiger partial charge in [-0.3, -0.25) is 4.79 Å². The Hall–Kier alpha value is -4.01. The first kappa shape index (κ1) is 20.3. The van der Waals surface area contributed by atoms with Crippen molar-refractivity contribution in [1.29, 1.82) is 0 Å². The van der Waals surface area contributed by atoms with Crippen molar-refractivity contribution in [3.05, 3.63) is 60.2 Å². The van der Waals surface area contributed by atoms with Crippen molar-refractivity contribution in [3.8, 4) is 22.8 Å². The molecule has 5 N–H and O–H groups in total. The Morgan fingerprint density at radius 3 is 2.39 bits per heavy atom. The molecule has 2 amide bonds. The molecule has 0 radical (unpaired) electrons. The van der Waals surface area contributed by atoms with Crippen LogP contribution in [0.15, 0.2) is 54.6 Å². The van der Waals surface area contributed by atoms with E-state index >= 15 is 0 Å². The Balaban J connectivity index is 1.64. The number of amides is 2. The summed E-state index contributed by atoms with van der Waals surface area (Å²) in [5.74, 6) is 0.799. The zero-order valence-corrected chi connectivity index (χ0v) is 16.8. The van der Waals surface area contributed by atoms with E-state index in [4.69, 9.17) is 16.2 Å². The predicted octanol–water partition coefficient (Wildman–Crippen LogP) is 3.34. The largest absolute Gasteiger partial charge is 0.465 e. The number of carbonyl (C=O) groups is 2. The molecule has 0 saturated carbocycles. The zero-order valence-electron chi connectivity index (χ0n) is 16.8. The lowest BCUT2D eigenvalue weighted by molar-refractivity contribution is 0.100. The molecule has 1 aliphatic heterocycles. The number of anilines is 1. The lowest BCUT2D eigenvalue weighted by atomic mass is 10.1. The minimum atomic E-state index is -0.986. The van der Waals surface area contributed by atoms with Crippen LogP contribution in [0.1, 0.15) is 29.2 Å². The van der Waals surface area contributed by atoms with Gasteiger partial charge in [0.25, 0.3) is 5.91 Å². The lowest BCUT2D eigenvalue weighted by Crippen LogP contribution is -2.40. The summed E-state index contributed by atoms with van der Waals surface area (Å²) in [4.78, 5) is 24.8. The molecule has 9 heteroatoms. The van der Waals surface area contributed by atoms with Gasteiger partial charge in [0.05, 0.1) is 6.04 Å². The first-order chi connectivity index (χ1) is 14.9. The Labute approximate surface area is 178 Å². The van der Waals surface area contributed by atoms with Crippen molar-refractivity contribution >= 4 is 17.8 Å². The molecule has 9 nitrogen and oxygen atoms in total. The number of hydrogen-bond acceptors (Lipinski definition) is 5. The molecule has 1 saturated heterocycles. The molecule has 160 valence electrons. The monoisotopic (exact) mass is 421 g/mol. The number of piperidine rings is 1. The number of rotatable bonds is 5. The third kappa shape index (κ3) is 4.16. The molecule has 0 aliphatic carbocycles. The number of likely N-dealkylation sites (tertiary alicyclic amines) is 1. The van der Waals surface area contributed by atoms with Gasteiger partial charge in [-0.05, 0) is 49.2 Å². The normalized spacial score (nSPS) is 16.1. The van der Waals surface area contributed by atoms with Crippen LogP contribution < -0.4 is 16.2 Å². The van der Waals surface area contributed by atoms with Crippen molar-refractivity contribution < 1.29 is 19.4 Å². The van der Waals surface area contributed by atoms with Gasteiger partial charge in [0, 0.05) is 18.7 Å². The second kappa shape index (κ2) is 8.39. The maximum Gasteiger partial charge on any atom is 0.407 e. The van der Waals surface area contributed by atoms with Crippen molar-refractivity contribution in [2.24, 2.45) is 5.73 Å². The molecule has 2 aromatic carbocycles. The molecule has 31 heavy (non-hydrogen) atoms. The smallest absolute Gasteiger partial charge is 0.407 e. The molecular weight excluding hydrogens is 398 g/mol. The van der Waals surface area contributed by atoms with E-state index in [2.05, 4.69) is 5.10 Å². The van der Waals surface area contributed by atoms with Gasteiger partial charge in [0.1, 0.15) is 28.6 Å². The second-order valence-electron chi connectivity index (χ2n) is 7.38. The van der Waals surface area contributed by atoms with Gasteiger partial charge in [-0.15, -0.1) is 0 Å². The summed E-state index contributed by atoms with van der Waals surface area (Å²) in [6.45, 7) is 0.716. The third-order valence-electron chi connectivity index (χ3n) is 5.31. The Morgan fingerprint density at radius 1 is 1.06 bits per heavy atom. The van der Waals surface area contributed by atoms with Crippen molar-refractivity contribution in [3.63, 3.8) is 0 Å². The van der Waals surface area contributed by atoms with Crippen molar-refractivity contribution in [2.75, 3.05) is 18.8 Å². The fourth-order valence-corrected chi connectivity index (χ4v) is 3.80. The first-order valence-electron chi connectivity index (χ1n) is 9.93. The minimum absolute atomic E-state index is 0.129. The summed E-state index contributed by atoms with van der Waals surface area (Å²) in [5, 5.41) is 13.9. The summed E-state index contributed by atoms with van der Waals surface area (Å²) in [5.41, 5.74) is 13.0. The zero-order chi connectivity index (χ0) is 22.0. The van der Waals surface area contributed by atoms with Crippen LogP contribution >= 0.6 is 0 Å². The van der Waals surface area contributed by atoms with Crippen molar-refractivity contribution in [1.82, 2.24) is 14.7 Å². The molecule has 1 aliphatic rings. The Bertz CT molecular complexity index is 1100. The summed E-state index contributed by atoms with van der Waals surface area (Å²) in [6.07, 6.45) is 0.403. The SMILES string of the molecule is NC(=O)c1c(-c2ccc(Oc3ccccc3)cc2)nn([C@@H]2CCCN(C(=O)O)C2)c1N. The predicted molar refractivity (Wildman–Crippen MR) is 115 cm³/mol. The average molecular weight is 421 g/mol. The number of nitrogen functional groups attached to an aromatic ring is 1. The fourth-order valence-electron chi connectivity index (χ4n) is 3.80. The van der Waals surface area contributed by atoms with Gasteiger partial charge < -0.3 is 26.2 Å². The standard InChI is InChI=1S/C22H23N5O4/c23-20-18(21(24)28)19(25-27(20)15-5-4-12-26(13-15)22(29)30)14-8-10-17(11-9-14)31-16-6-2-1-3-7-16/h1-3,6-11,15H,4-5,12-13,23H2,(H2,24,28)(H,29,30)/t15-/m1/s1. The van der Waals surface area contributed by atoms with E-state index in [0.717, 1.165) is 0 Å². The third-order valence-corrected chi connectivity index (χ3v) is 5.31. The second-order valence-corrected chi connectivity index (χ2v) is 7.38. The van der Waals surface area contributed by atoms with Gasteiger partial charge in [-0.1, -0.05) is 18.2 Å². The highest BCUT2D eigenvalue weighted by Gasteiger charge is 2.30. The van der Waals surface area contributed by atoms with Crippen LogP contribution in [0.2, 0.25) is 0 Å². The average Bonchev–Trinajstić information content (AvgIpc) is 3.12. The molecule has 0 bridgehead atoms. The highest BCUT2D eigenvalue weighted by molar-refractivity contribution is 6.03. The first-order valence-corrected chi connectivity index (χ1v) is 9.93. The Morgan fingerprint density at radius 2 is 1.74 bits per heavy atom. The van der Waals surface area contributed by atoms with E-state index in [9.17, 15) is 14.7 Å². The topological polar surface area (TPSA) is 137 Å². The minimum Gasteiger partial charge on any atom is -0.465 e. The number of benzene rings is 2. The number of aromatic nitrogens is 2. The maximum atomic E-state index is 12.2.